The van der Waals surface area contributed by atoms with E-state index in [1.807, 2.05) is 37.7 Å². The van der Waals surface area contributed by atoms with Gasteiger partial charge in [0.15, 0.2) is 34.0 Å². The predicted molar refractivity (Wildman–Crippen MR) is 185 cm³/mol. The Morgan fingerprint density at radius 3 is 1.32 bits per heavy atom. The molecular formula is C36H38F2N6O8Zn. The fraction of sp³-hybridized carbons (Fsp3) is 0.444. The summed E-state index contributed by atoms with van der Waals surface area (Å²) >= 11 is 0. The Balaban J connectivity index is 0.000000178. The number of aromatic carboxylic acids is 2. The van der Waals surface area contributed by atoms with Crippen LogP contribution in [0.1, 0.15) is 46.6 Å². The Hall–Kier alpha value is -4.60. The number of carboxylic acids is 2. The molecule has 2 aromatic carbocycles. The fourth-order valence-corrected chi connectivity index (χ4v) is 7.36. The molecule has 8 rings (SSSR count). The molecule has 0 radical (unpaired) electrons. The average molecular weight is 786 g/mol. The number of anilines is 2. The summed E-state index contributed by atoms with van der Waals surface area (Å²) in [6, 6.07) is 1.88. The molecule has 0 N–H and O–H groups in total. The standard InChI is InChI=1S/2C18H20FN3O4.Zn/c2*1-10-9-26-17-14-11(16(23)12(18(24)25)8-22(10)14)7-13(19)15(17)21-5-3-20(2)4-6-21;/h2*7-8,10H,3-6,9H2,1-2H3,(H,24,25);/q;;+2/p-2/t2*10-;/m00./s1. The molecular weight excluding hydrogens is 748 g/mol. The first-order valence-corrected chi connectivity index (χ1v) is 17.1. The van der Waals surface area contributed by atoms with Gasteiger partial charge in [-0.05, 0) is 40.1 Å². The van der Waals surface area contributed by atoms with E-state index in [2.05, 4.69) is 9.80 Å². The molecule has 276 valence electrons. The quantitative estimate of drug-likeness (QED) is 0.264. The van der Waals surface area contributed by atoms with Crippen molar-refractivity contribution in [1.82, 2.24) is 18.9 Å². The average Bonchev–Trinajstić information content (AvgIpc) is 3.10. The van der Waals surface area contributed by atoms with E-state index in [0.717, 1.165) is 38.3 Å². The van der Waals surface area contributed by atoms with Gasteiger partial charge in [-0.3, -0.25) is 9.59 Å². The van der Waals surface area contributed by atoms with Crippen LogP contribution in [0.5, 0.6) is 11.5 Å². The van der Waals surface area contributed by atoms with E-state index < -0.39 is 45.6 Å². The number of nitrogens with zero attached hydrogens (tertiary/aromatic N) is 6. The second-order valence-electron chi connectivity index (χ2n) is 13.9. The van der Waals surface area contributed by atoms with Crippen molar-refractivity contribution in [3.05, 3.63) is 67.7 Å². The molecule has 2 saturated heterocycles. The van der Waals surface area contributed by atoms with Crippen molar-refractivity contribution < 1.29 is 57.5 Å². The SMILES string of the molecule is C[C@H]1COc2c(N3CCN(C)CC3)c(F)cc3c(=O)c(C(=O)[O-])cn1c23.C[C@H]1COc2c(N3CCN(C)CC3)c(F)cc3c(=O)c(C(=O)[O-])cn1c23.[Zn+2]. The summed E-state index contributed by atoms with van der Waals surface area (Å²) in [5.74, 6) is -3.67. The maximum atomic E-state index is 15.0. The number of benzene rings is 2. The van der Waals surface area contributed by atoms with E-state index in [9.17, 15) is 38.2 Å². The van der Waals surface area contributed by atoms with Crippen molar-refractivity contribution in [2.24, 2.45) is 0 Å². The first-order valence-electron chi connectivity index (χ1n) is 17.1. The van der Waals surface area contributed by atoms with Gasteiger partial charge in [-0.1, -0.05) is 0 Å². The molecule has 2 fully saturated rings. The minimum atomic E-state index is -1.57. The zero-order valence-corrected chi connectivity index (χ0v) is 32.9. The monoisotopic (exact) mass is 784 g/mol. The second kappa shape index (κ2) is 14.7. The molecule has 0 bridgehead atoms. The summed E-state index contributed by atoms with van der Waals surface area (Å²) in [4.78, 5) is 55.8. The molecule has 2 aromatic heterocycles. The minimum absolute atomic E-state index is 0. The van der Waals surface area contributed by atoms with Crippen LogP contribution in [0.25, 0.3) is 21.8 Å². The minimum Gasteiger partial charge on any atom is -0.545 e. The summed E-state index contributed by atoms with van der Waals surface area (Å²) in [5.41, 5.74) is -0.882. The molecule has 0 spiro atoms. The zero-order chi connectivity index (χ0) is 37.2. The number of carbonyl (C=O) groups excluding carboxylic acids is 2. The molecule has 4 aliphatic rings. The molecule has 14 nitrogen and oxygen atoms in total. The van der Waals surface area contributed by atoms with Gasteiger partial charge in [-0.2, -0.15) is 0 Å². The van der Waals surface area contributed by atoms with Gasteiger partial charge in [-0.15, -0.1) is 0 Å². The smallest absolute Gasteiger partial charge is 0.545 e. The molecule has 0 unspecified atom stereocenters. The third kappa shape index (κ3) is 6.63. The summed E-state index contributed by atoms with van der Waals surface area (Å²) in [6.07, 6.45) is 2.56. The van der Waals surface area contributed by atoms with Gasteiger partial charge in [0.1, 0.15) is 24.6 Å². The van der Waals surface area contributed by atoms with Gasteiger partial charge in [-0.25, -0.2) is 8.78 Å². The number of pyridine rings is 2. The Labute approximate surface area is 315 Å². The number of hydrogen-bond acceptors (Lipinski definition) is 12. The summed E-state index contributed by atoms with van der Waals surface area (Å²) in [7, 11) is 4.02. The molecule has 0 saturated carbocycles. The number of hydrogen-bond donors (Lipinski definition) is 0. The Morgan fingerprint density at radius 2 is 1.00 bits per heavy atom. The third-order valence-electron chi connectivity index (χ3n) is 10.4. The van der Waals surface area contributed by atoms with E-state index in [1.165, 1.54) is 12.4 Å². The Kier molecular flexibility index (Phi) is 10.6. The van der Waals surface area contributed by atoms with Gasteiger partial charge >= 0.3 is 19.5 Å². The van der Waals surface area contributed by atoms with Crippen LogP contribution >= 0.6 is 0 Å². The maximum absolute atomic E-state index is 15.0. The van der Waals surface area contributed by atoms with E-state index in [4.69, 9.17) is 9.47 Å². The van der Waals surface area contributed by atoms with Crippen molar-refractivity contribution in [2.45, 2.75) is 25.9 Å². The number of carbonyl (C=O) groups is 2. The van der Waals surface area contributed by atoms with E-state index >= 15 is 0 Å². The van der Waals surface area contributed by atoms with Gasteiger partial charge in [0.25, 0.3) is 0 Å². The molecule has 53 heavy (non-hydrogen) atoms. The predicted octanol–water partition coefficient (Wildman–Crippen LogP) is 0.416. The number of likely N-dealkylation sites (N-methyl/N-ethyl adjacent to an activating group) is 2. The second-order valence-corrected chi connectivity index (χ2v) is 13.9. The number of ether oxygens (including phenoxy) is 2. The maximum Gasteiger partial charge on any atom is 2.00 e. The Morgan fingerprint density at radius 1 is 0.660 bits per heavy atom. The summed E-state index contributed by atoms with van der Waals surface area (Å²) in [6.45, 7) is 10.00. The number of aromatic nitrogens is 2. The van der Waals surface area contributed by atoms with Crippen LogP contribution in [-0.4, -0.2) is 111 Å². The molecule has 2 atom stereocenters. The van der Waals surface area contributed by atoms with Crippen molar-refractivity contribution in [3.63, 3.8) is 0 Å². The van der Waals surface area contributed by atoms with Crippen LogP contribution in [0.15, 0.2) is 34.1 Å². The molecule has 0 aliphatic carbocycles. The molecule has 0 amide bonds. The Bertz CT molecular complexity index is 2090. The third-order valence-corrected chi connectivity index (χ3v) is 10.4. The van der Waals surface area contributed by atoms with Crippen molar-refractivity contribution >= 4 is 45.1 Å². The van der Waals surface area contributed by atoms with Crippen molar-refractivity contribution in [1.29, 1.82) is 0 Å². The normalized spacial score (nSPS) is 19.9. The van der Waals surface area contributed by atoms with Gasteiger partial charge < -0.3 is 58.0 Å². The zero-order valence-electron chi connectivity index (χ0n) is 29.9. The molecule has 6 heterocycles. The molecule has 4 aromatic rings. The van der Waals surface area contributed by atoms with Crippen LogP contribution in [0, 0.1) is 11.6 Å². The van der Waals surface area contributed by atoms with E-state index in [0.29, 0.717) is 60.1 Å². The first kappa shape index (κ1) is 38.1. The first-order chi connectivity index (χ1) is 24.8. The van der Waals surface area contributed by atoms with E-state index in [1.54, 1.807) is 9.13 Å². The largest absolute Gasteiger partial charge is 2.00 e. The summed E-state index contributed by atoms with van der Waals surface area (Å²) in [5, 5.41) is 22.6. The number of rotatable bonds is 4. The summed E-state index contributed by atoms with van der Waals surface area (Å²) < 4.78 is 45.0. The fourth-order valence-electron chi connectivity index (χ4n) is 7.36. The van der Waals surface area contributed by atoms with Crippen molar-refractivity contribution in [3.8, 4) is 11.5 Å². The van der Waals surface area contributed by atoms with Crippen molar-refractivity contribution in [2.75, 3.05) is 89.5 Å². The van der Waals surface area contributed by atoms with Gasteiger partial charge in [0.2, 0.25) is 0 Å². The number of carboxylic acid groups (broad SMARTS) is 2. The molecule has 4 aliphatic heterocycles. The van der Waals surface area contributed by atoms with Crippen LogP contribution in [0.3, 0.4) is 0 Å². The topological polar surface area (TPSA) is 156 Å². The van der Waals surface area contributed by atoms with Crippen LogP contribution in [-0.2, 0) is 19.5 Å². The van der Waals surface area contributed by atoms with Gasteiger partial charge in [0, 0.05) is 64.8 Å². The van der Waals surface area contributed by atoms with Gasteiger partial charge in [0.05, 0.1) is 57.0 Å². The number of piperazine rings is 2. The van der Waals surface area contributed by atoms with E-state index in [-0.39, 0.29) is 55.5 Å². The van der Waals surface area contributed by atoms with Crippen LogP contribution < -0.4 is 40.3 Å². The number of halogens is 2. The van der Waals surface area contributed by atoms with Crippen LogP contribution in [0.2, 0.25) is 0 Å². The molecule has 17 heteroatoms. The van der Waals surface area contributed by atoms with Crippen LogP contribution in [0.4, 0.5) is 20.2 Å².